The molecule has 5 heteroatoms. The normalized spacial score (nSPS) is 21.0. The lowest BCUT2D eigenvalue weighted by molar-refractivity contribution is -0.138. The van der Waals surface area contributed by atoms with Crippen molar-refractivity contribution in [2.24, 2.45) is 5.92 Å². The Morgan fingerprint density at radius 2 is 1.68 bits per heavy atom. The summed E-state index contributed by atoms with van der Waals surface area (Å²) < 4.78 is 5.51. The Labute approximate surface area is 148 Å². The molecule has 1 aromatic carbocycles. The van der Waals surface area contributed by atoms with Crippen LogP contribution in [0, 0.1) is 5.92 Å². The lowest BCUT2D eigenvalue weighted by Crippen LogP contribution is -2.52. The molecular formula is C20H26N2O3. The Balaban J connectivity index is 1.35. The van der Waals surface area contributed by atoms with E-state index in [1.165, 1.54) is 19.3 Å². The Hall–Kier alpha value is -2.04. The first-order chi connectivity index (χ1) is 12.2. The highest BCUT2D eigenvalue weighted by Gasteiger charge is 2.30. The van der Waals surface area contributed by atoms with Crippen LogP contribution >= 0.6 is 0 Å². The van der Waals surface area contributed by atoms with E-state index >= 15 is 0 Å². The van der Waals surface area contributed by atoms with Crippen LogP contribution in [0.2, 0.25) is 0 Å². The third-order valence-electron chi connectivity index (χ3n) is 5.77. The average molecular weight is 342 g/mol. The fourth-order valence-corrected chi connectivity index (χ4v) is 4.24. The molecule has 0 N–H and O–H groups in total. The topological polar surface area (TPSA) is 49.9 Å². The van der Waals surface area contributed by atoms with Gasteiger partial charge in [0.1, 0.15) is 5.75 Å². The van der Waals surface area contributed by atoms with E-state index < -0.39 is 0 Å². The summed E-state index contributed by atoms with van der Waals surface area (Å²) in [5, 5.41) is 0. The van der Waals surface area contributed by atoms with Crippen molar-refractivity contribution < 1.29 is 14.3 Å². The first-order valence-electron chi connectivity index (χ1n) is 9.56. The predicted octanol–water partition coefficient (Wildman–Crippen LogP) is 2.49. The van der Waals surface area contributed by atoms with Gasteiger partial charge in [-0.1, -0.05) is 19.3 Å². The highest BCUT2D eigenvalue weighted by Crippen LogP contribution is 2.27. The second-order valence-corrected chi connectivity index (χ2v) is 7.37. The molecule has 0 unspecified atom stereocenters. The highest BCUT2D eigenvalue weighted by molar-refractivity contribution is 5.95. The second kappa shape index (κ2) is 7.06. The van der Waals surface area contributed by atoms with Crippen LogP contribution in [0.3, 0.4) is 0 Å². The van der Waals surface area contributed by atoms with Crippen LogP contribution in [0.4, 0.5) is 0 Å². The monoisotopic (exact) mass is 342 g/mol. The van der Waals surface area contributed by atoms with Gasteiger partial charge in [0.05, 0.1) is 6.61 Å². The first-order valence-corrected chi connectivity index (χ1v) is 9.56. The molecule has 2 fully saturated rings. The summed E-state index contributed by atoms with van der Waals surface area (Å²) >= 11 is 0. The van der Waals surface area contributed by atoms with Crippen molar-refractivity contribution in [1.82, 2.24) is 9.80 Å². The molecule has 1 saturated carbocycles. The van der Waals surface area contributed by atoms with Gasteiger partial charge >= 0.3 is 0 Å². The Kier molecular flexibility index (Phi) is 4.64. The van der Waals surface area contributed by atoms with E-state index in [9.17, 15) is 9.59 Å². The molecule has 5 nitrogen and oxygen atoms in total. The molecule has 0 radical (unpaired) electrons. The molecule has 4 rings (SSSR count). The largest absolute Gasteiger partial charge is 0.493 e. The number of rotatable bonds is 2. The van der Waals surface area contributed by atoms with Gasteiger partial charge in [0.25, 0.3) is 5.91 Å². The first kappa shape index (κ1) is 16.4. The smallest absolute Gasteiger partial charge is 0.253 e. The number of carbonyl (C=O) groups is 2. The number of nitrogens with zero attached hydrogens (tertiary/aromatic N) is 2. The predicted molar refractivity (Wildman–Crippen MR) is 94.7 cm³/mol. The summed E-state index contributed by atoms with van der Waals surface area (Å²) in [4.78, 5) is 29.2. The van der Waals surface area contributed by atoms with E-state index in [0.717, 1.165) is 36.1 Å². The summed E-state index contributed by atoms with van der Waals surface area (Å²) in [6.45, 7) is 3.29. The number of piperazine rings is 1. The van der Waals surface area contributed by atoms with Crippen molar-refractivity contribution >= 4 is 11.8 Å². The maximum absolute atomic E-state index is 12.8. The van der Waals surface area contributed by atoms with Gasteiger partial charge in [-0.15, -0.1) is 0 Å². The minimum absolute atomic E-state index is 0.0689. The quantitative estimate of drug-likeness (QED) is 0.830. The maximum Gasteiger partial charge on any atom is 0.253 e. The number of carbonyl (C=O) groups excluding carboxylic acids is 2. The molecule has 0 bridgehead atoms. The highest BCUT2D eigenvalue weighted by atomic mass is 16.5. The van der Waals surface area contributed by atoms with Crippen molar-refractivity contribution in [3.05, 3.63) is 29.3 Å². The van der Waals surface area contributed by atoms with Crippen LogP contribution in [0.15, 0.2) is 18.2 Å². The van der Waals surface area contributed by atoms with Gasteiger partial charge in [-0.2, -0.15) is 0 Å². The number of hydrogen-bond acceptors (Lipinski definition) is 3. The molecular weight excluding hydrogens is 316 g/mol. The summed E-state index contributed by atoms with van der Waals surface area (Å²) in [6.07, 6.45) is 6.57. The Bertz CT molecular complexity index is 659. The fraction of sp³-hybridized carbons (Fsp3) is 0.600. The lowest BCUT2D eigenvalue weighted by atomic mass is 9.88. The third-order valence-corrected chi connectivity index (χ3v) is 5.77. The zero-order chi connectivity index (χ0) is 17.2. The molecule has 2 amide bonds. The van der Waals surface area contributed by atoms with Crippen LogP contribution in [-0.4, -0.2) is 54.4 Å². The minimum atomic E-state index is 0.0689. The van der Waals surface area contributed by atoms with Gasteiger partial charge in [0.2, 0.25) is 5.91 Å². The number of benzene rings is 1. The molecule has 1 aromatic rings. The maximum atomic E-state index is 12.8. The molecule has 25 heavy (non-hydrogen) atoms. The van der Waals surface area contributed by atoms with Crippen molar-refractivity contribution in [2.75, 3.05) is 32.8 Å². The summed E-state index contributed by atoms with van der Waals surface area (Å²) in [7, 11) is 0. The number of amides is 2. The third kappa shape index (κ3) is 3.37. The van der Waals surface area contributed by atoms with Crippen molar-refractivity contribution in [3.63, 3.8) is 0 Å². The molecule has 0 atom stereocenters. The fourth-order valence-electron chi connectivity index (χ4n) is 4.24. The van der Waals surface area contributed by atoms with Crippen LogP contribution in [0.5, 0.6) is 5.75 Å². The summed E-state index contributed by atoms with van der Waals surface area (Å²) in [6, 6.07) is 5.72. The van der Waals surface area contributed by atoms with Crippen molar-refractivity contribution in [3.8, 4) is 5.75 Å². The molecule has 2 aliphatic heterocycles. The van der Waals surface area contributed by atoms with E-state index in [2.05, 4.69) is 0 Å². The van der Waals surface area contributed by atoms with Gasteiger partial charge in [0.15, 0.2) is 0 Å². The number of fused-ring (bicyclic) bond motifs is 1. The average Bonchev–Trinajstić information content (AvgIpc) is 3.15. The molecule has 0 spiro atoms. The lowest BCUT2D eigenvalue weighted by Gasteiger charge is -2.37. The van der Waals surface area contributed by atoms with Gasteiger partial charge in [-0.25, -0.2) is 0 Å². The molecule has 134 valence electrons. The van der Waals surface area contributed by atoms with Gasteiger partial charge in [-0.3, -0.25) is 9.59 Å². The zero-order valence-electron chi connectivity index (χ0n) is 14.7. The standard InChI is InChI=1S/C20H26N2O3/c23-19(15-4-2-1-3-5-15)21-9-11-22(12-10-21)20(24)17-6-7-18-16(14-17)8-13-25-18/h6-7,14-15H,1-5,8-13H2. The molecule has 1 saturated heterocycles. The van der Waals surface area contributed by atoms with E-state index in [-0.39, 0.29) is 11.8 Å². The van der Waals surface area contributed by atoms with Gasteiger partial charge < -0.3 is 14.5 Å². The Morgan fingerprint density at radius 1 is 0.960 bits per heavy atom. The van der Waals surface area contributed by atoms with E-state index in [4.69, 9.17) is 4.74 Å². The van der Waals surface area contributed by atoms with Crippen LogP contribution in [-0.2, 0) is 11.2 Å². The number of hydrogen-bond donors (Lipinski definition) is 0. The summed E-state index contributed by atoms with van der Waals surface area (Å²) in [5.41, 5.74) is 1.85. The second-order valence-electron chi connectivity index (χ2n) is 7.37. The Morgan fingerprint density at radius 3 is 2.44 bits per heavy atom. The van der Waals surface area contributed by atoms with E-state index in [0.29, 0.717) is 38.7 Å². The number of ether oxygens (including phenoxy) is 1. The molecule has 3 aliphatic rings. The molecule has 2 heterocycles. The molecule has 1 aliphatic carbocycles. The minimum Gasteiger partial charge on any atom is -0.493 e. The van der Waals surface area contributed by atoms with Crippen molar-refractivity contribution in [2.45, 2.75) is 38.5 Å². The summed E-state index contributed by atoms with van der Waals surface area (Å²) in [5.74, 6) is 1.49. The zero-order valence-corrected chi connectivity index (χ0v) is 14.7. The van der Waals surface area contributed by atoms with Crippen molar-refractivity contribution in [1.29, 1.82) is 0 Å². The SMILES string of the molecule is O=C(c1ccc2c(c1)CCO2)N1CCN(C(=O)C2CCCCC2)CC1. The van der Waals surface area contributed by atoms with Crippen LogP contribution in [0.25, 0.3) is 0 Å². The van der Waals surface area contributed by atoms with Crippen LogP contribution < -0.4 is 4.74 Å². The van der Waals surface area contributed by atoms with E-state index in [1.54, 1.807) is 0 Å². The van der Waals surface area contributed by atoms with Crippen LogP contribution in [0.1, 0.15) is 48.0 Å². The van der Waals surface area contributed by atoms with Gasteiger partial charge in [-0.05, 0) is 36.6 Å². The molecule has 0 aromatic heterocycles. The van der Waals surface area contributed by atoms with E-state index in [1.807, 2.05) is 28.0 Å². The van der Waals surface area contributed by atoms with Gasteiger partial charge in [0, 0.05) is 44.1 Å².